The monoisotopic (exact) mass is 165 g/mol. The van der Waals surface area contributed by atoms with Crippen molar-refractivity contribution in [3.63, 3.8) is 0 Å². The molecule has 0 saturated carbocycles. The van der Waals surface area contributed by atoms with Gasteiger partial charge >= 0.3 is 0 Å². The summed E-state index contributed by atoms with van der Waals surface area (Å²) in [6.07, 6.45) is 2.14. The molecule has 0 saturated heterocycles. The van der Waals surface area contributed by atoms with Crippen molar-refractivity contribution in [2.45, 2.75) is 26.4 Å². The Kier molecular flexibility index (Phi) is 1.68. The molecule has 12 heavy (non-hydrogen) atoms. The maximum Gasteiger partial charge on any atom is 0.126 e. The van der Waals surface area contributed by atoms with Crippen molar-refractivity contribution >= 4 is 0 Å². The zero-order valence-corrected chi connectivity index (χ0v) is 7.91. The molecule has 3 heteroatoms. The number of nitrogens with zero attached hydrogens (tertiary/aromatic N) is 3. The topological polar surface area (TPSA) is 21.1 Å². The van der Waals surface area contributed by atoms with Crippen LogP contribution in [0.25, 0.3) is 0 Å². The average Bonchev–Trinajstić information content (AvgIpc) is 2.39. The van der Waals surface area contributed by atoms with Crippen molar-refractivity contribution in [1.82, 2.24) is 14.5 Å². The van der Waals surface area contributed by atoms with Crippen LogP contribution >= 0.6 is 0 Å². The van der Waals surface area contributed by atoms with Gasteiger partial charge in [-0.1, -0.05) is 0 Å². The maximum atomic E-state index is 4.50. The molecule has 0 radical (unpaired) electrons. The van der Waals surface area contributed by atoms with Crippen LogP contribution < -0.4 is 0 Å². The van der Waals surface area contributed by atoms with E-state index in [4.69, 9.17) is 0 Å². The highest BCUT2D eigenvalue weighted by molar-refractivity contribution is 5.07. The largest absolute Gasteiger partial charge is 0.332 e. The van der Waals surface area contributed by atoms with Crippen molar-refractivity contribution in [3.05, 3.63) is 17.7 Å². The van der Waals surface area contributed by atoms with E-state index in [0.717, 1.165) is 18.8 Å². The Morgan fingerprint density at radius 1 is 1.50 bits per heavy atom. The first-order chi connectivity index (χ1) is 5.68. The van der Waals surface area contributed by atoms with Gasteiger partial charge in [0.05, 0.1) is 11.7 Å². The molecule has 66 valence electrons. The van der Waals surface area contributed by atoms with Gasteiger partial charge in [-0.2, -0.15) is 0 Å². The van der Waals surface area contributed by atoms with Crippen LogP contribution in [0.3, 0.4) is 0 Å². The van der Waals surface area contributed by atoms with E-state index >= 15 is 0 Å². The Labute approximate surface area is 73.0 Å². The van der Waals surface area contributed by atoms with Gasteiger partial charge in [0.1, 0.15) is 5.82 Å². The molecular formula is C9H15N3. The molecule has 1 aliphatic heterocycles. The molecule has 1 unspecified atom stereocenters. The average molecular weight is 165 g/mol. The van der Waals surface area contributed by atoms with Gasteiger partial charge < -0.3 is 4.57 Å². The van der Waals surface area contributed by atoms with Crippen LogP contribution in [0.2, 0.25) is 0 Å². The van der Waals surface area contributed by atoms with Gasteiger partial charge in [-0.05, 0) is 20.9 Å². The van der Waals surface area contributed by atoms with E-state index in [0.29, 0.717) is 6.04 Å². The van der Waals surface area contributed by atoms with Crippen LogP contribution in [0.15, 0.2) is 6.20 Å². The minimum absolute atomic E-state index is 0.465. The van der Waals surface area contributed by atoms with Gasteiger partial charge in [-0.25, -0.2) is 4.98 Å². The first-order valence-electron chi connectivity index (χ1n) is 4.42. The second kappa shape index (κ2) is 2.59. The Balaban J connectivity index is 2.41. The highest BCUT2D eigenvalue weighted by Gasteiger charge is 2.22. The van der Waals surface area contributed by atoms with Crippen LogP contribution in [0.5, 0.6) is 0 Å². The summed E-state index contributed by atoms with van der Waals surface area (Å²) in [6, 6.07) is 0.465. The normalized spacial score (nSPS) is 24.1. The fourth-order valence-corrected chi connectivity index (χ4v) is 1.73. The van der Waals surface area contributed by atoms with Crippen molar-refractivity contribution in [2.75, 3.05) is 13.6 Å². The van der Waals surface area contributed by atoms with Crippen molar-refractivity contribution in [3.8, 4) is 0 Å². The van der Waals surface area contributed by atoms with Crippen molar-refractivity contribution in [2.24, 2.45) is 0 Å². The maximum absolute atomic E-state index is 4.50. The van der Waals surface area contributed by atoms with Gasteiger partial charge in [0.2, 0.25) is 0 Å². The molecule has 3 nitrogen and oxygen atoms in total. The van der Waals surface area contributed by atoms with Gasteiger partial charge in [0.25, 0.3) is 0 Å². The van der Waals surface area contributed by atoms with Crippen LogP contribution in [0.4, 0.5) is 0 Å². The van der Waals surface area contributed by atoms with E-state index in [2.05, 4.69) is 41.5 Å². The van der Waals surface area contributed by atoms with Crippen molar-refractivity contribution < 1.29 is 0 Å². The molecule has 0 N–H and O–H groups in total. The molecule has 0 bridgehead atoms. The highest BCUT2D eigenvalue weighted by atomic mass is 15.2. The Morgan fingerprint density at radius 3 is 3.00 bits per heavy atom. The predicted octanol–water partition coefficient (Wildman–Crippen LogP) is 1.20. The van der Waals surface area contributed by atoms with E-state index in [1.807, 2.05) is 0 Å². The number of likely N-dealkylation sites (N-methyl/N-ethyl adjacent to an activating group) is 1. The number of hydrogen-bond acceptors (Lipinski definition) is 2. The van der Waals surface area contributed by atoms with Gasteiger partial charge in [-0.15, -0.1) is 0 Å². The third kappa shape index (κ3) is 1.05. The van der Waals surface area contributed by atoms with Crippen LogP contribution in [0, 0.1) is 6.92 Å². The standard InChI is InChI=1S/C9H15N3/c1-7-6-12-5-4-11(3)8(2)9(12)10-7/h6,8H,4-5H2,1-3H3. The van der Waals surface area contributed by atoms with Crippen molar-refractivity contribution in [1.29, 1.82) is 0 Å². The fourth-order valence-electron chi connectivity index (χ4n) is 1.73. The smallest absolute Gasteiger partial charge is 0.126 e. The summed E-state index contributed by atoms with van der Waals surface area (Å²) in [4.78, 5) is 6.84. The first kappa shape index (κ1) is 7.80. The number of rotatable bonds is 0. The Morgan fingerprint density at radius 2 is 2.25 bits per heavy atom. The molecule has 0 amide bonds. The minimum atomic E-state index is 0.465. The third-order valence-electron chi connectivity index (χ3n) is 2.66. The van der Waals surface area contributed by atoms with E-state index in [1.165, 1.54) is 5.82 Å². The number of aryl methyl sites for hydroxylation is 1. The molecule has 0 fully saturated rings. The molecule has 0 spiro atoms. The third-order valence-corrected chi connectivity index (χ3v) is 2.66. The molecule has 1 aromatic rings. The summed E-state index contributed by atoms with van der Waals surface area (Å²) in [5.41, 5.74) is 1.13. The lowest BCUT2D eigenvalue weighted by Gasteiger charge is -2.30. The van der Waals surface area contributed by atoms with Crippen LogP contribution in [-0.2, 0) is 6.54 Å². The van der Waals surface area contributed by atoms with Crippen LogP contribution in [-0.4, -0.2) is 28.0 Å². The quantitative estimate of drug-likeness (QED) is 0.576. The highest BCUT2D eigenvalue weighted by Crippen LogP contribution is 2.22. The van der Waals surface area contributed by atoms with E-state index in [9.17, 15) is 0 Å². The zero-order chi connectivity index (χ0) is 8.72. The van der Waals surface area contributed by atoms with Gasteiger partial charge in [0.15, 0.2) is 0 Å². The molecular weight excluding hydrogens is 150 g/mol. The van der Waals surface area contributed by atoms with E-state index < -0.39 is 0 Å². The van der Waals surface area contributed by atoms with Crippen LogP contribution in [0.1, 0.15) is 24.5 Å². The summed E-state index contributed by atoms with van der Waals surface area (Å²) in [7, 11) is 2.15. The summed E-state index contributed by atoms with van der Waals surface area (Å²) >= 11 is 0. The molecule has 1 aromatic heterocycles. The van der Waals surface area contributed by atoms with Gasteiger partial charge in [-0.3, -0.25) is 4.90 Å². The Hall–Kier alpha value is -0.830. The molecule has 0 aliphatic carbocycles. The number of aromatic nitrogens is 2. The lowest BCUT2D eigenvalue weighted by atomic mass is 10.2. The summed E-state index contributed by atoms with van der Waals surface area (Å²) in [5, 5.41) is 0. The summed E-state index contributed by atoms with van der Waals surface area (Å²) in [5.74, 6) is 1.21. The minimum Gasteiger partial charge on any atom is -0.332 e. The molecule has 2 rings (SSSR count). The molecule has 1 atom stereocenters. The molecule has 2 heterocycles. The molecule has 0 aromatic carbocycles. The Bertz CT molecular complexity index is 290. The summed E-state index contributed by atoms with van der Waals surface area (Å²) < 4.78 is 2.26. The first-order valence-corrected chi connectivity index (χ1v) is 4.42. The summed E-state index contributed by atoms with van der Waals surface area (Å²) in [6.45, 7) is 6.47. The zero-order valence-electron chi connectivity index (χ0n) is 7.91. The lowest BCUT2D eigenvalue weighted by molar-refractivity contribution is 0.206. The SMILES string of the molecule is Cc1cn2c(n1)C(C)N(C)CC2. The van der Waals surface area contributed by atoms with E-state index in [-0.39, 0.29) is 0 Å². The van der Waals surface area contributed by atoms with Gasteiger partial charge in [0, 0.05) is 19.3 Å². The second-order valence-corrected chi connectivity index (χ2v) is 3.59. The lowest BCUT2D eigenvalue weighted by Crippen LogP contribution is -2.33. The fraction of sp³-hybridized carbons (Fsp3) is 0.667. The number of fused-ring (bicyclic) bond motifs is 1. The predicted molar refractivity (Wildman–Crippen MR) is 48.0 cm³/mol. The number of hydrogen-bond donors (Lipinski definition) is 0. The second-order valence-electron chi connectivity index (χ2n) is 3.59. The molecule has 1 aliphatic rings. The number of imidazole rings is 1. The van der Waals surface area contributed by atoms with E-state index in [1.54, 1.807) is 0 Å².